The van der Waals surface area contributed by atoms with Gasteiger partial charge in [0.1, 0.15) is 12.4 Å². The first-order valence-electron chi connectivity index (χ1n) is 6.64. The molecule has 0 N–H and O–H groups in total. The van der Waals surface area contributed by atoms with E-state index in [1.54, 1.807) is 0 Å². The first kappa shape index (κ1) is 14.0. The van der Waals surface area contributed by atoms with Crippen LogP contribution in [0, 0.1) is 5.92 Å². The van der Waals surface area contributed by atoms with Gasteiger partial charge in [-0.1, -0.05) is 49.4 Å². The van der Waals surface area contributed by atoms with E-state index in [1.807, 2.05) is 30.3 Å². The minimum absolute atomic E-state index is 0.611. The highest BCUT2D eigenvalue weighted by Crippen LogP contribution is 2.16. The fourth-order valence-corrected chi connectivity index (χ4v) is 2.06. The highest BCUT2D eigenvalue weighted by atomic mass is 32.1. The first-order valence-corrected chi connectivity index (χ1v) is 7.27. The second-order valence-electron chi connectivity index (χ2n) is 4.91. The van der Waals surface area contributed by atoms with Crippen LogP contribution >= 0.6 is 12.6 Å². The van der Waals surface area contributed by atoms with Crippen LogP contribution in [0.1, 0.15) is 18.1 Å². The minimum Gasteiger partial charge on any atom is -0.489 e. The smallest absolute Gasteiger partial charge is 0.119 e. The normalized spacial score (nSPS) is 12.1. The Hall–Kier alpha value is -1.41. The van der Waals surface area contributed by atoms with Crippen molar-refractivity contribution in [3.8, 4) is 5.75 Å². The molecule has 0 saturated carbocycles. The van der Waals surface area contributed by atoms with Crippen molar-refractivity contribution in [2.75, 3.05) is 5.75 Å². The summed E-state index contributed by atoms with van der Waals surface area (Å²) in [6.07, 6.45) is 1.07. The van der Waals surface area contributed by atoms with Gasteiger partial charge in [0.15, 0.2) is 0 Å². The van der Waals surface area contributed by atoms with Crippen molar-refractivity contribution >= 4 is 12.6 Å². The summed E-state index contributed by atoms with van der Waals surface area (Å²) in [6.45, 7) is 2.83. The first-order chi connectivity index (χ1) is 9.28. The van der Waals surface area contributed by atoms with Crippen LogP contribution in [0.15, 0.2) is 54.6 Å². The van der Waals surface area contributed by atoms with Crippen LogP contribution in [-0.4, -0.2) is 5.75 Å². The lowest BCUT2D eigenvalue weighted by atomic mass is 10.0. The molecule has 0 bridgehead atoms. The summed E-state index contributed by atoms with van der Waals surface area (Å²) in [7, 11) is 0. The van der Waals surface area contributed by atoms with Crippen molar-refractivity contribution < 1.29 is 4.74 Å². The molecule has 2 aromatic rings. The molecule has 19 heavy (non-hydrogen) atoms. The average Bonchev–Trinajstić information content (AvgIpc) is 2.47. The van der Waals surface area contributed by atoms with Crippen molar-refractivity contribution in [1.29, 1.82) is 0 Å². The van der Waals surface area contributed by atoms with Crippen LogP contribution < -0.4 is 4.74 Å². The van der Waals surface area contributed by atoms with Crippen LogP contribution in [0.4, 0.5) is 0 Å². The number of rotatable bonds is 6. The molecule has 0 aliphatic rings. The Morgan fingerprint density at radius 3 is 2.26 bits per heavy atom. The lowest BCUT2D eigenvalue weighted by Gasteiger charge is -2.10. The number of thiol groups is 1. The van der Waals surface area contributed by atoms with Crippen molar-refractivity contribution in [2.45, 2.75) is 20.0 Å². The Morgan fingerprint density at radius 1 is 0.947 bits per heavy atom. The molecule has 0 radical (unpaired) electrons. The highest BCUT2D eigenvalue weighted by molar-refractivity contribution is 7.80. The van der Waals surface area contributed by atoms with Gasteiger partial charge in [0.25, 0.3) is 0 Å². The van der Waals surface area contributed by atoms with E-state index in [2.05, 4.69) is 43.8 Å². The number of benzene rings is 2. The maximum atomic E-state index is 5.76. The van der Waals surface area contributed by atoms with E-state index >= 15 is 0 Å². The summed E-state index contributed by atoms with van der Waals surface area (Å²) in [6, 6.07) is 18.6. The predicted octanol–water partition coefficient (Wildman–Crippen LogP) is 4.37. The van der Waals surface area contributed by atoms with Crippen LogP contribution in [0.5, 0.6) is 5.75 Å². The molecule has 0 fully saturated rings. The minimum atomic E-state index is 0.611. The van der Waals surface area contributed by atoms with Crippen molar-refractivity contribution in [2.24, 2.45) is 5.92 Å². The molecule has 2 rings (SSSR count). The lowest BCUT2D eigenvalue weighted by molar-refractivity contribution is 0.306. The largest absolute Gasteiger partial charge is 0.489 e. The van der Waals surface area contributed by atoms with E-state index in [0.29, 0.717) is 12.5 Å². The fraction of sp³-hybridized carbons (Fsp3) is 0.294. The molecule has 100 valence electrons. The van der Waals surface area contributed by atoms with E-state index in [9.17, 15) is 0 Å². The zero-order chi connectivity index (χ0) is 13.5. The molecule has 1 atom stereocenters. The van der Waals surface area contributed by atoms with Gasteiger partial charge in [-0.2, -0.15) is 12.6 Å². The van der Waals surface area contributed by atoms with Gasteiger partial charge in [0, 0.05) is 0 Å². The Kier molecular flexibility index (Phi) is 5.34. The van der Waals surface area contributed by atoms with Gasteiger partial charge < -0.3 is 4.74 Å². The number of hydrogen-bond donors (Lipinski definition) is 1. The Labute approximate surface area is 121 Å². The van der Waals surface area contributed by atoms with Crippen molar-refractivity contribution in [3.05, 3.63) is 65.7 Å². The molecule has 1 unspecified atom stereocenters. The Balaban J connectivity index is 1.88. The molecule has 1 nitrogen and oxygen atoms in total. The fourth-order valence-electron chi connectivity index (χ4n) is 1.93. The van der Waals surface area contributed by atoms with E-state index in [1.165, 1.54) is 11.1 Å². The monoisotopic (exact) mass is 272 g/mol. The van der Waals surface area contributed by atoms with Crippen LogP contribution in [0.3, 0.4) is 0 Å². The SMILES string of the molecule is CC(CS)Cc1ccc(OCc2ccccc2)cc1. The van der Waals surface area contributed by atoms with Crippen LogP contribution in [-0.2, 0) is 13.0 Å². The zero-order valence-corrected chi connectivity index (χ0v) is 12.1. The Bertz CT molecular complexity index is 478. The topological polar surface area (TPSA) is 9.23 Å². The molecule has 0 spiro atoms. The summed E-state index contributed by atoms with van der Waals surface area (Å²) < 4.78 is 5.76. The number of ether oxygens (including phenoxy) is 1. The molecular formula is C17H20OS. The van der Waals surface area contributed by atoms with Gasteiger partial charge in [-0.05, 0) is 41.4 Å². The highest BCUT2D eigenvalue weighted by Gasteiger charge is 2.02. The number of hydrogen-bond acceptors (Lipinski definition) is 2. The third-order valence-corrected chi connectivity index (χ3v) is 3.69. The van der Waals surface area contributed by atoms with E-state index < -0.39 is 0 Å². The summed E-state index contributed by atoms with van der Waals surface area (Å²) in [5.74, 6) is 2.46. The molecule has 0 aromatic heterocycles. The maximum absolute atomic E-state index is 5.76. The lowest BCUT2D eigenvalue weighted by Crippen LogP contribution is -2.01. The molecule has 0 aliphatic carbocycles. The summed E-state index contributed by atoms with van der Waals surface area (Å²) in [5.41, 5.74) is 2.53. The molecular weight excluding hydrogens is 252 g/mol. The van der Waals surface area contributed by atoms with Crippen molar-refractivity contribution in [3.63, 3.8) is 0 Å². The second-order valence-corrected chi connectivity index (χ2v) is 5.28. The van der Waals surface area contributed by atoms with E-state index in [-0.39, 0.29) is 0 Å². The van der Waals surface area contributed by atoms with Gasteiger partial charge in [-0.3, -0.25) is 0 Å². The predicted molar refractivity (Wildman–Crippen MR) is 83.9 cm³/mol. The molecule has 0 aliphatic heterocycles. The molecule has 2 heteroatoms. The zero-order valence-electron chi connectivity index (χ0n) is 11.3. The maximum Gasteiger partial charge on any atom is 0.119 e. The molecule has 0 saturated heterocycles. The van der Waals surface area contributed by atoms with Gasteiger partial charge >= 0.3 is 0 Å². The summed E-state index contributed by atoms with van der Waals surface area (Å²) >= 11 is 4.32. The van der Waals surface area contributed by atoms with Crippen LogP contribution in [0.25, 0.3) is 0 Å². The summed E-state index contributed by atoms with van der Waals surface area (Å²) in [5, 5.41) is 0. The van der Waals surface area contributed by atoms with Gasteiger partial charge in [0.2, 0.25) is 0 Å². The van der Waals surface area contributed by atoms with Gasteiger partial charge in [0.05, 0.1) is 0 Å². The van der Waals surface area contributed by atoms with Crippen molar-refractivity contribution in [1.82, 2.24) is 0 Å². The summed E-state index contributed by atoms with van der Waals surface area (Å²) in [4.78, 5) is 0. The average molecular weight is 272 g/mol. The molecule has 0 amide bonds. The van der Waals surface area contributed by atoms with Gasteiger partial charge in [-0.25, -0.2) is 0 Å². The Morgan fingerprint density at radius 2 is 1.63 bits per heavy atom. The standard InChI is InChI=1S/C17H20OS/c1-14(13-19)11-15-7-9-17(10-8-15)18-12-16-5-3-2-4-6-16/h2-10,14,19H,11-13H2,1H3. The molecule has 2 aromatic carbocycles. The third-order valence-electron chi connectivity index (χ3n) is 3.07. The van der Waals surface area contributed by atoms with Crippen LogP contribution in [0.2, 0.25) is 0 Å². The van der Waals surface area contributed by atoms with E-state index in [4.69, 9.17) is 4.74 Å². The molecule has 0 heterocycles. The quantitative estimate of drug-likeness (QED) is 0.768. The third kappa shape index (κ3) is 4.64. The van der Waals surface area contributed by atoms with Gasteiger partial charge in [-0.15, -0.1) is 0 Å². The second kappa shape index (κ2) is 7.25. The van der Waals surface area contributed by atoms with E-state index in [0.717, 1.165) is 17.9 Å².